The summed E-state index contributed by atoms with van der Waals surface area (Å²) in [7, 11) is 1.35. The molecule has 1 aliphatic heterocycles. The van der Waals surface area contributed by atoms with Crippen LogP contribution in [0.2, 0.25) is 0 Å². The fourth-order valence-electron chi connectivity index (χ4n) is 2.94. The lowest BCUT2D eigenvalue weighted by molar-refractivity contribution is -0.143. The number of ether oxygens (including phenoxy) is 3. The van der Waals surface area contributed by atoms with Gasteiger partial charge in [-0.2, -0.15) is 18.3 Å². The Hall–Kier alpha value is -3.83. The van der Waals surface area contributed by atoms with Crippen molar-refractivity contribution >= 4 is 11.6 Å². The lowest BCUT2D eigenvalue weighted by Gasteiger charge is -2.13. The maximum atomic E-state index is 13.8. The van der Waals surface area contributed by atoms with Crippen LogP contribution in [0.3, 0.4) is 0 Å². The molecule has 3 heterocycles. The molecule has 0 atom stereocenters. The van der Waals surface area contributed by atoms with Gasteiger partial charge >= 0.3 is 6.18 Å². The zero-order valence-electron chi connectivity index (χ0n) is 16.1. The molecule has 1 aromatic carbocycles. The maximum absolute atomic E-state index is 13.8. The van der Waals surface area contributed by atoms with Crippen LogP contribution in [0.4, 0.5) is 18.9 Å². The number of benzene rings is 1. The van der Waals surface area contributed by atoms with Crippen LogP contribution >= 0.6 is 0 Å². The minimum atomic E-state index is -4.88. The fraction of sp³-hybridized carbons (Fsp3) is 0.263. The van der Waals surface area contributed by atoms with E-state index in [1.54, 1.807) is 6.07 Å². The van der Waals surface area contributed by atoms with Gasteiger partial charge in [-0.25, -0.2) is 4.68 Å². The molecule has 2 aromatic heterocycles. The summed E-state index contributed by atoms with van der Waals surface area (Å²) in [6.07, 6.45) is -3.36. The molecule has 0 aliphatic carbocycles. The van der Waals surface area contributed by atoms with Gasteiger partial charge in [0, 0.05) is 24.2 Å². The summed E-state index contributed by atoms with van der Waals surface area (Å²) < 4.78 is 57.8. The Kier molecular flexibility index (Phi) is 5.36. The van der Waals surface area contributed by atoms with E-state index in [0.717, 1.165) is 6.20 Å². The van der Waals surface area contributed by atoms with E-state index in [2.05, 4.69) is 20.6 Å². The fourth-order valence-corrected chi connectivity index (χ4v) is 2.94. The number of fused-ring (bicyclic) bond motifs is 1. The number of amides is 1. The second-order valence-corrected chi connectivity index (χ2v) is 6.42. The number of nitrogens with one attached hydrogen (secondary N) is 1. The summed E-state index contributed by atoms with van der Waals surface area (Å²) in [6, 6.07) is 7.17. The second-order valence-electron chi connectivity index (χ2n) is 6.42. The highest BCUT2D eigenvalue weighted by atomic mass is 19.4. The number of hydrogen-bond donors (Lipinski definition) is 1. The molecular weight excluding hydrogens is 419 g/mol. The van der Waals surface area contributed by atoms with Gasteiger partial charge in [-0.05, 0) is 18.2 Å². The van der Waals surface area contributed by atoms with E-state index in [-0.39, 0.29) is 17.4 Å². The predicted octanol–water partition coefficient (Wildman–Crippen LogP) is 3.10. The number of anilines is 1. The number of carbonyl (C=O) groups excluding carboxylic acids is 1. The van der Waals surface area contributed by atoms with Gasteiger partial charge in [0.05, 0.1) is 32.1 Å². The van der Waals surface area contributed by atoms with Crippen LogP contribution in [0.15, 0.2) is 36.5 Å². The highest BCUT2D eigenvalue weighted by Crippen LogP contribution is 2.35. The van der Waals surface area contributed by atoms with Crippen molar-refractivity contribution in [3.05, 3.63) is 47.8 Å². The summed E-state index contributed by atoms with van der Waals surface area (Å²) in [4.78, 5) is 12.7. The second kappa shape index (κ2) is 8.13. The summed E-state index contributed by atoms with van der Waals surface area (Å²) in [5.74, 6) is -0.193. The van der Waals surface area contributed by atoms with E-state index in [1.165, 1.54) is 31.4 Å². The molecule has 0 bridgehead atoms. The number of methoxy groups -OCH3 is 1. The third-order valence-electron chi connectivity index (χ3n) is 4.34. The van der Waals surface area contributed by atoms with Crippen LogP contribution in [0.25, 0.3) is 5.82 Å². The zero-order valence-corrected chi connectivity index (χ0v) is 16.1. The molecule has 0 fully saturated rings. The molecule has 162 valence electrons. The van der Waals surface area contributed by atoms with E-state index in [4.69, 9.17) is 14.2 Å². The molecule has 0 spiro atoms. The first-order chi connectivity index (χ1) is 14.9. The number of nitrogens with zero attached hydrogens (tertiary/aromatic N) is 4. The molecular formula is C19H16F3N5O4. The maximum Gasteiger partial charge on any atom is 0.434 e. The highest BCUT2D eigenvalue weighted by molar-refractivity contribution is 6.05. The lowest BCUT2D eigenvalue weighted by atomic mass is 10.2. The van der Waals surface area contributed by atoms with Gasteiger partial charge in [-0.3, -0.25) is 4.79 Å². The van der Waals surface area contributed by atoms with Crippen LogP contribution in [0.5, 0.6) is 17.4 Å². The Morgan fingerprint density at radius 3 is 2.58 bits per heavy atom. The molecule has 12 heteroatoms. The molecule has 0 saturated heterocycles. The van der Waals surface area contributed by atoms with Crippen molar-refractivity contribution in [2.45, 2.75) is 12.6 Å². The molecule has 9 nitrogen and oxygen atoms in total. The largest absolute Gasteiger partial charge is 0.490 e. The smallest absolute Gasteiger partial charge is 0.434 e. The number of aromatic nitrogens is 4. The van der Waals surface area contributed by atoms with Crippen molar-refractivity contribution in [3.63, 3.8) is 0 Å². The normalized spacial score (nSPS) is 13.4. The van der Waals surface area contributed by atoms with Crippen LogP contribution < -0.4 is 19.5 Å². The molecule has 1 amide bonds. The molecule has 1 N–H and O–H groups in total. The first-order valence-corrected chi connectivity index (χ1v) is 9.11. The van der Waals surface area contributed by atoms with Gasteiger partial charge in [-0.1, -0.05) is 0 Å². The van der Waals surface area contributed by atoms with E-state index in [9.17, 15) is 18.0 Å². The first-order valence-electron chi connectivity index (χ1n) is 9.11. The molecule has 0 radical (unpaired) electrons. The summed E-state index contributed by atoms with van der Waals surface area (Å²) >= 11 is 0. The van der Waals surface area contributed by atoms with Gasteiger partial charge < -0.3 is 19.5 Å². The Morgan fingerprint density at radius 1 is 1.13 bits per heavy atom. The zero-order chi connectivity index (χ0) is 22.0. The highest BCUT2D eigenvalue weighted by Gasteiger charge is 2.41. The lowest BCUT2D eigenvalue weighted by Crippen LogP contribution is -2.21. The number of carbonyl (C=O) groups is 1. The van der Waals surface area contributed by atoms with Gasteiger partial charge in [0.1, 0.15) is 0 Å². The van der Waals surface area contributed by atoms with E-state index < -0.39 is 23.3 Å². The van der Waals surface area contributed by atoms with Crippen LogP contribution in [0.1, 0.15) is 22.5 Å². The van der Waals surface area contributed by atoms with Gasteiger partial charge in [-0.15, -0.1) is 10.2 Å². The molecule has 0 unspecified atom stereocenters. The molecule has 4 rings (SSSR count). The third-order valence-corrected chi connectivity index (χ3v) is 4.34. The minimum absolute atomic E-state index is 0.122. The van der Waals surface area contributed by atoms with Crippen LogP contribution in [0, 0.1) is 0 Å². The standard InChI is InChI=1S/C19H16F3N5O4/c1-29-16-6-5-15(25-26-16)27-17(19(20,21)22)12(10-23-27)18(28)24-11-3-4-13-14(9-11)31-8-2-7-30-13/h3-6,9-10H,2,7-8H2,1H3,(H,24,28). The minimum Gasteiger partial charge on any atom is -0.490 e. The number of rotatable bonds is 4. The summed E-state index contributed by atoms with van der Waals surface area (Å²) in [5, 5.41) is 13.5. The van der Waals surface area contributed by atoms with Crippen molar-refractivity contribution in [1.82, 2.24) is 20.0 Å². The Labute approximate surface area is 173 Å². The average molecular weight is 435 g/mol. The number of alkyl halides is 3. The number of halogens is 3. The quantitative estimate of drug-likeness (QED) is 0.672. The summed E-state index contributed by atoms with van der Waals surface area (Å²) in [6.45, 7) is 0.916. The van der Waals surface area contributed by atoms with Gasteiger partial charge in [0.15, 0.2) is 23.0 Å². The first kappa shape index (κ1) is 20.4. The van der Waals surface area contributed by atoms with E-state index >= 15 is 0 Å². The number of hydrogen-bond acceptors (Lipinski definition) is 7. The third kappa shape index (κ3) is 4.22. The van der Waals surface area contributed by atoms with Crippen molar-refractivity contribution < 1.29 is 32.2 Å². The van der Waals surface area contributed by atoms with Crippen LogP contribution in [-0.4, -0.2) is 46.2 Å². The Morgan fingerprint density at radius 2 is 1.90 bits per heavy atom. The van der Waals surface area contributed by atoms with E-state index in [0.29, 0.717) is 35.8 Å². The average Bonchev–Trinajstić information content (AvgIpc) is 3.08. The van der Waals surface area contributed by atoms with E-state index in [1.807, 2.05) is 0 Å². The molecule has 3 aromatic rings. The Balaban J connectivity index is 1.65. The topological polar surface area (TPSA) is 100 Å². The van der Waals surface area contributed by atoms with Crippen molar-refractivity contribution in [2.24, 2.45) is 0 Å². The van der Waals surface area contributed by atoms with Crippen molar-refractivity contribution in [2.75, 3.05) is 25.6 Å². The van der Waals surface area contributed by atoms with Gasteiger partial charge in [0.25, 0.3) is 5.91 Å². The monoisotopic (exact) mass is 435 g/mol. The molecule has 0 saturated carbocycles. The Bertz CT molecular complexity index is 1100. The SMILES string of the molecule is COc1ccc(-n2ncc(C(=O)Nc3ccc4c(c3)OCCCO4)c2C(F)(F)F)nn1. The van der Waals surface area contributed by atoms with Crippen LogP contribution in [-0.2, 0) is 6.18 Å². The molecule has 31 heavy (non-hydrogen) atoms. The van der Waals surface area contributed by atoms with Gasteiger partial charge in [0.2, 0.25) is 5.88 Å². The van der Waals surface area contributed by atoms with Crippen molar-refractivity contribution in [1.29, 1.82) is 0 Å². The van der Waals surface area contributed by atoms with Crippen molar-refractivity contribution in [3.8, 4) is 23.2 Å². The predicted molar refractivity (Wildman–Crippen MR) is 101 cm³/mol. The molecule has 1 aliphatic rings. The summed E-state index contributed by atoms with van der Waals surface area (Å²) in [5.41, 5.74) is -1.70.